The van der Waals surface area contributed by atoms with E-state index < -0.39 is 0 Å². The summed E-state index contributed by atoms with van der Waals surface area (Å²) in [7, 11) is 1.66. The maximum absolute atomic E-state index is 12.6. The normalized spacial score (nSPS) is 11.1. The number of methoxy groups -OCH3 is 1. The van der Waals surface area contributed by atoms with E-state index in [1.165, 1.54) is 5.56 Å². The second-order valence-corrected chi connectivity index (χ2v) is 9.72. The lowest BCUT2D eigenvalue weighted by molar-refractivity contribution is -0.120. The van der Waals surface area contributed by atoms with E-state index in [-0.39, 0.29) is 5.91 Å². The van der Waals surface area contributed by atoms with Crippen LogP contribution in [-0.2, 0) is 17.6 Å². The highest BCUT2D eigenvalue weighted by atomic mass is 32.1. The van der Waals surface area contributed by atoms with Crippen LogP contribution in [0.4, 0.5) is 0 Å². The molecule has 5 aromatic rings. The summed E-state index contributed by atoms with van der Waals surface area (Å²) in [5.74, 6) is 0.823. The molecule has 0 aliphatic rings. The van der Waals surface area contributed by atoms with Crippen LogP contribution < -0.4 is 10.1 Å². The number of hydrogen-bond donors (Lipinski definition) is 1. The summed E-state index contributed by atoms with van der Waals surface area (Å²) in [6, 6.07) is 16.2. The molecular weight excluding hydrogens is 464 g/mol. The largest absolute Gasteiger partial charge is 0.497 e. The highest BCUT2D eigenvalue weighted by molar-refractivity contribution is 7.15. The molecule has 0 unspecified atom stereocenters. The Morgan fingerprint density at radius 2 is 1.76 bits per heavy atom. The van der Waals surface area contributed by atoms with Crippen LogP contribution in [0.5, 0.6) is 5.75 Å². The number of rotatable bonds is 8. The van der Waals surface area contributed by atoms with Crippen LogP contribution in [0.15, 0.2) is 65.5 Å². The standard InChI is InChI=1S/C26H24N4O2S2/c1-17-3-5-18(6-4-17)23-14-30-21(16-34-26(30)29-23)13-24(31)27-12-11-20-15-33-25(28-20)19-7-9-22(32-2)10-8-19/h3-10,14-16H,11-13H2,1-2H3,(H,27,31). The van der Waals surface area contributed by atoms with E-state index in [1.807, 2.05) is 45.6 Å². The highest BCUT2D eigenvalue weighted by Gasteiger charge is 2.13. The Bertz CT molecular complexity index is 1420. The van der Waals surface area contributed by atoms with Crippen LogP contribution in [0.3, 0.4) is 0 Å². The monoisotopic (exact) mass is 488 g/mol. The third-order valence-electron chi connectivity index (χ3n) is 5.56. The van der Waals surface area contributed by atoms with Gasteiger partial charge >= 0.3 is 0 Å². The number of hydrogen-bond acceptors (Lipinski definition) is 6. The minimum atomic E-state index is -0.00380. The van der Waals surface area contributed by atoms with Crippen molar-refractivity contribution in [3.05, 3.63) is 82.4 Å². The van der Waals surface area contributed by atoms with Gasteiger partial charge in [0.05, 0.1) is 24.9 Å². The van der Waals surface area contributed by atoms with E-state index in [0.717, 1.165) is 43.9 Å². The van der Waals surface area contributed by atoms with Crippen molar-refractivity contribution in [3.8, 4) is 27.6 Å². The molecule has 5 rings (SSSR count). The van der Waals surface area contributed by atoms with Crippen molar-refractivity contribution in [1.29, 1.82) is 0 Å². The number of nitrogens with zero attached hydrogens (tertiary/aromatic N) is 3. The Balaban J connectivity index is 1.17. The molecule has 0 radical (unpaired) electrons. The van der Waals surface area contributed by atoms with E-state index >= 15 is 0 Å². The van der Waals surface area contributed by atoms with E-state index in [9.17, 15) is 4.79 Å². The van der Waals surface area contributed by atoms with E-state index in [0.29, 0.717) is 19.4 Å². The number of aryl methyl sites for hydroxylation is 1. The molecular formula is C26H24N4O2S2. The molecule has 0 atom stereocenters. The molecule has 1 amide bonds. The van der Waals surface area contributed by atoms with Crippen LogP contribution in [0.1, 0.15) is 17.0 Å². The average Bonchev–Trinajstić information content (AvgIpc) is 3.57. The third kappa shape index (κ3) is 4.88. The Morgan fingerprint density at radius 3 is 2.53 bits per heavy atom. The van der Waals surface area contributed by atoms with Gasteiger partial charge in [-0.3, -0.25) is 9.20 Å². The summed E-state index contributed by atoms with van der Waals surface area (Å²) in [4.78, 5) is 22.9. The van der Waals surface area contributed by atoms with Crippen LogP contribution in [0.2, 0.25) is 0 Å². The minimum absolute atomic E-state index is 0.00380. The van der Waals surface area contributed by atoms with Crippen molar-refractivity contribution in [1.82, 2.24) is 19.7 Å². The number of aromatic nitrogens is 3. The minimum Gasteiger partial charge on any atom is -0.497 e. The molecule has 3 aromatic heterocycles. The zero-order chi connectivity index (χ0) is 23.5. The fourth-order valence-electron chi connectivity index (χ4n) is 3.66. The van der Waals surface area contributed by atoms with E-state index in [1.54, 1.807) is 29.8 Å². The molecule has 172 valence electrons. The van der Waals surface area contributed by atoms with Crippen LogP contribution in [0.25, 0.3) is 26.8 Å². The summed E-state index contributed by atoms with van der Waals surface area (Å²) < 4.78 is 7.23. The molecule has 0 fully saturated rings. The van der Waals surface area contributed by atoms with Gasteiger partial charge in [-0.25, -0.2) is 9.97 Å². The first kappa shape index (κ1) is 22.3. The molecule has 0 aliphatic heterocycles. The van der Waals surface area contributed by atoms with Gasteiger partial charge in [-0.15, -0.1) is 22.7 Å². The SMILES string of the molecule is COc1ccc(-c2nc(CCNC(=O)Cc3csc4nc(-c5ccc(C)cc5)cn34)cs2)cc1. The van der Waals surface area contributed by atoms with Gasteiger partial charge in [0.2, 0.25) is 5.91 Å². The van der Waals surface area contributed by atoms with Gasteiger partial charge < -0.3 is 10.1 Å². The van der Waals surface area contributed by atoms with Gasteiger partial charge in [0.1, 0.15) is 10.8 Å². The quantitative estimate of drug-likeness (QED) is 0.317. The average molecular weight is 489 g/mol. The van der Waals surface area contributed by atoms with Crippen LogP contribution >= 0.6 is 22.7 Å². The maximum Gasteiger partial charge on any atom is 0.225 e. The lowest BCUT2D eigenvalue weighted by Crippen LogP contribution is -2.27. The zero-order valence-electron chi connectivity index (χ0n) is 18.9. The number of imidazole rings is 1. The molecule has 1 N–H and O–H groups in total. The number of nitrogens with one attached hydrogen (secondary N) is 1. The lowest BCUT2D eigenvalue weighted by atomic mass is 10.1. The van der Waals surface area contributed by atoms with E-state index in [2.05, 4.69) is 36.5 Å². The van der Waals surface area contributed by atoms with Crippen molar-refractivity contribution >= 4 is 33.5 Å². The second kappa shape index (κ2) is 9.79. The molecule has 0 spiro atoms. The molecule has 0 saturated carbocycles. The predicted molar refractivity (Wildman–Crippen MR) is 138 cm³/mol. The molecule has 8 heteroatoms. The number of amides is 1. The summed E-state index contributed by atoms with van der Waals surface area (Å²) in [6.45, 7) is 2.62. The van der Waals surface area contributed by atoms with Gasteiger partial charge in [0, 0.05) is 46.7 Å². The molecule has 0 saturated heterocycles. The van der Waals surface area contributed by atoms with Gasteiger partial charge in [-0.2, -0.15) is 0 Å². The summed E-state index contributed by atoms with van der Waals surface area (Å²) in [6.07, 6.45) is 3.02. The molecule has 34 heavy (non-hydrogen) atoms. The smallest absolute Gasteiger partial charge is 0.225 e. The van der Waals surface area contributed by atoms with Crippen molar-refractivity contribution in [3.63, 3.8) is 0 Å². The zero-order valence-corrected chi connectivity index (χ0v) is 20.6. The van der Waals surface area contributed by atoms with Crippen molar-refractivity contribution in [2.24, 2.45) is 0 Å². The van der Waals surface area contributed by atoms with Gasteiger partial charge in [0.15, 0.2) is 4.96 Å². The van der Waals surface area contributed by atoms with Gasteiger partial charge in [-0.05, 0) is 31.2 Å². The van der Waals surface area contributed by atoms with Gasteiger partial charge in [-0.1, -0.05) is 29.8 Å². The van der Waals surface area contributed by atoms with Crippen molar-refractivity contribution in [2.45, 2.75) is 19.8 Å². The summed E-state index contributed by atoms with van der Waals surface area (Å²) >= 11 is 3.16. The first-order valence-electron chi connectivity index (χ1n) is 11.0. The number of fused-ring (bicyclic) bond motifs is 1. The number of thiazole rings is 2. The second-order valence-electron chi connectivity index (χ2n) is 8.02. The first-order valence-corrected chi connectivity index (χ1v) is 12.7. The number of benzene rings is 2. The highest BCUT2D eigenvalue weighted by Crippen LogP contribution is 2.26. The number of carbonyl (C=O) groups is 1. The fraction of sp³-hybridized carbons (Fsp3) is 0.192. The number of ether oxygens (including phenoxy) is 1. The number of carbonyl (C=O) groups excluding carboxylic acids is 1. The molecule has 3 heterocycles. The predicted octanol–water partition coefficient (Wildman–Crippen LogP) is 5.40. The fourth-order valence-corrected chi connectivity index (χ4v) is 5.40. The van der Waals surface area contributed by atoms with E-state index in [4.69, 9.17) is 14.7 Å². The molecule has 0 bridgehead atoms. The van der Waals surface area contributed by atoms with Crippen molar-refractivity contribution in [2.75, 3.05) is 13.7 Å². The van der Waals surface area contributed by atoms with Gasteiger partial charge in [0.25, 0.3) is 0 Å². The summed E-state index contributed by atoms with van der Waals surface area (Å²) in [5.41, 5.74) is 6.20. The molecule has 2 aromatic carbocycles. The first-order chi connectivity index (χ1) is 16.6. The van der Waals surface area contributed by atoms with Crippen molar-refractivity contribution < 1.29 is 9.53 Å². The summed E-state index contributed by atoms with van der Waals surface area (Å²) in [5, 5.41) is 8.04. The Morgan fingerprint density at radius 1 is 1.00 bits per heavy atom. The van der Waals surface area contributed by atoms with Crippen LogP contribution in [0, 0.1) is 6.92 Å². The Labute approximate surface area is 205 Å². The molecule has 0 aliphatic carbocycles. The van der Waals surface area contributed by atoms with Crippen LogP contribution in [-0.4, -0.2) is 33.9 Å². The Kier molecular flexibility index (Phi) is 6.42. The third-order valence-corrected chi connectivity index (χ3v) is 7.39. The Hall–Kier alpha value is -3.49. The maximum atomic E-state index is 12.6. The molecule has 6 nitrogen and oxygen atoms in total. The topological polar surface area (TPSA) is 68.5 Å². The lowest BCUT2D eigenvalue weighted by Gasteiger charge is -2.04.